The Bertz CT molecular complexity index is 260. The van der Waals surface area contributed by atoms with Crippen molar-refractivity contribution < 1.29 is 23.1 Å². The fraction of sp³-hybridized carbons (Fsp3) is 0.889. The molecule has 1 saturated heterocycles. The maximum Gasteiger partial charge on any atom is 0.417 e. The summed E-state index contributed by atoms with van der Waals surface area (Å²) < 4.78 is 37.3. The van der Waals surface area contributed by atoms with Crippen LogP contribution in [0.1, 0.15) is 19.3 Å². The highest BCUT2D eigenvalue weighted by atomic mass is 19.4. The Balaban J connectivity index is 2.54. The average Bonchev–Trinajstić information content (AvgIpc) is 2.17. The zero-order chi connectivity index (χ0) is 12.4. The predicted octanol–water partition coefficient (Wildman–Crippen LogP) is 0.251. The fourth-order valence-corrected chi connectivity index (χ4v) is 1.69. The Kier molecular flexibility index (Phi) is 3.80. The number of hydrogen-bond acceptors (Lipinski definition) is 3. The number of carbonyl (C=O) groups excluding carboxylic acids is 1. The third kappa shape index (κ3) is 2.65. The molecule has 1 amide bonds. The second-order valence-corrected chi connectivity index (χ2v) is 3.95. The van der Waals surface area contributed by atoms with Crippen molar-refractivity contribution in [2.24, 2.45) is 5.73 Å². The second-order valence-electron chi connectivity index (χ2n) is 3.95. The van der Waals surface area contributed by atoms with Gasteiger partial charge in [-0.2, -0.15) is 13.2 Å². The van der Waals surface area contributed by atoms with E-state index in [2.05, 4.69) is 0 Å². The van der Waals surface area contributed by atoms with Crippen LogP contribution in [0.2, 0.25) is 0 Å². The summed E-state index contributed by atoms with van der Waals surface area (Å²) in [5.41, 5.74) is 2.54. The quantitative estimate of drug-likeness (QED) is 0.727. The van der Waals surface area contributed by atoms with Gasteiger partial charge in [0.2, 0.25) is 5.91 Å². The summed E-state index contributed by atoms with van der Waals surface area (Å²) in [6.45, 7) is 0.0303. The number of alkyl halides is 3. The molecule has 3 N–H and O–H groups in total. The standard InChI is InChI=1S/C9H15F3N2O2/c10-9(11,12)8(16)2-5-14(6-3-8)7(15)1-4-13/h16H,1-6,13H2. The molecule has 0 spiro atoms. The van der Waals surface area contributed by atoms with Crippen molar-refractivity contribution in [1.82, 2.24) is 4.90 Å². The number of carbonyl (C=O) groups is 1. The fourth-order valence-electron chi connectivity index (χ4n) is 1.69. The van der Waals surface area contributed by atoms with E-state index in [9.17, 15) is 23.1 Å². The van der Waals surface area contributed by atoms with Gasteiger partial charge in [-0.05, 0) is 0 Å². The summed E-state index contributed by atoms with van der Waals surface area (Å²) in [5, 5.41) is 9.35. The molecule has 16 heavy (non-hydrogen) atoms. The summed E-state index contributed by atoms with van der Waals surface area (Å²) in [5.74, 6) is -0.258. The van der Waals surface area contributed by atoms with Gasteiger partial charge in [0.05, 0.1) is 0 Å². The highest BCUT2D eigenvalue weighted by Gasteiger charge is 2.54. The van der Waals surface area contributed by atoms with E-state index in [0.717, 1.165) is 0 Å². The number of hydrogen-bond donors (Lipinski definition) is 2. The number of likely N-dealkylation sites (tertiary alicyclic amines) is 1. The lowest BCUT2D eigenvalue weighted by Gasteiger charge is -2.39. The zero-order valence-corrected chi connectivity index (χ0v) is 8.76. The Hall–Kier alpha value is -0.820. The zero-order valence-electron chi connectivity index (χ0n) is 8.76. The number of nitrogens with zero attached hydrogens (tertiary/aromatic N) is 1. The van der Waals surface area contributed by atoms with E-state index in [0.29, 0.717) is 0 Å². The van der Waals surface area contributed by atoms with E-state index in [1.165, 1.54) is 4.90 Å². The molecule has 94 valence electrons. The molecule has 0 unspecified atom stereocenters. The molecule has 4 nitrogen and oxygen atoms in total. The summed E-state index contributed by atoms with van der Waals surface area (Å²) in [6, 6.07) is 0. The number of piperidine rings is 1. The largest absolute Gasteiger partial charge is 0.417 e. The Labute approximate surface area is 91.2 Å². The van der Waals surface area contributed by atoms with Gasteiger partial charge in [0.1, 0.15) is 0 Å². The van der Waals surface area contributed by atoms with Crippen LogP contribution in [0.25, 0.3) is 0 Å². The number of amides is 1. The Morgan fingerprint density at radius 2 is 1.88 bits per heavy atom. The predicted molar refractivity (Wildman–Crippen MR) is 50.5 cm³/mol. The van der Waals surface area contributed by atoms with Gasteiger partial charge >= 0.3 is 6.18 Å². The van der Waals surface area contributed by atoms with Gasteiger partial charge in [-0.25, -0.2) is 0 Å². The highest BCUT2D eigenvalue weighted by molar-refractivity contribution is 5.76. The molecule has 1 fully saturated rings. The van der Waals surface area contributed by atoms with Crippen LogP contribution >= 0.6 is 0 Å². The third-order valence-electron chi connectivity index (χ3n) is 2.83. The molecule has 1 heterocycles. The molecule has 7 heteroatoms. The molecule has 0 aromatic heterocycles. The van der Waals surface area contributed by atoms with E-state index < -0.39 is 24.6 Å². The van der Waals surface area contributed by atoms with Crippen molar-refractivity contribution >= 4 is 5.91 Å². The molecule has 0 aromatic carbocycles. The highest BCUT2D eigenvalue weighted by Crippen LogP contribution is 2.38. The van der Waals surface area contributed by atoms with Crippen molar-refractivity contribution in [3.05, 3.63) is 0 Å². The van der Waals surface area contributed by atoms with E-state index in [1.807, 2.05) is 0 Å². The molecular formula is C9H15F3N2O2. The van der Waals surface area contributed by atoms with Gasteiger partial charge in [0, 0.05) is 38.9 Å². The minimum Gasteiger partial charge on any atom is -0.380 e. The van der Waals surface area contributed by atoms with Gasteiger partial charge in [-0.3, -0.25) is 4.79 Å². The molecule has 0 aromatic rings. The summed E-state index contributed by atoms with van der Waals surface area (Å²) in [4.78, 5) is 12.7. The van der Waals surface area contributed by atoms with Gasteiger partial charge in [-0.1, -0.05) is 0 Å². The molecule has 0 saturated carbocycles. The number of halogens is 3. The molecule has 0 atom stereocenters. The van der Waals surface area contributed by atoms with E-state index in [-0.39, 0.29) is 32.0 Å². The first kappa shape index (κ1) is 13.2. The van der Waals surface area contributed by atoms with E-state index >= 15 is 0 Å². The molecule has 1 aliphatic rings. The maximum absolute atomic E-state index is 12.4. The van der Waals surface area contributed by atoms with Crippen LogP contribution in [-0.2, 0) is 4.79 Å². The van der Waals surface area contributed by atoms with Gasteiger partial charge in [-0.15, -0.1) is 0 Å². The van der Waals surface area contributed by atoms with Crippen molar-refractivity contribution in [2.75, 3.05) is 19.6 Å². The average molecular weight is 240 g/mol. The van der Waals surface area contributed by atoms with Crippen LogP contribution in [0.15, 0.2) is 0 Å². The van der Waals surface area contributed by atoms with E-state index in [4.69, 9.17) is 5.73 Å². The lowest BCUT2D eigenvalue weighted by atomic mass is 9.90. The Morgan fingerprint density at radius 1 is 1.38 bits per heavy atom. The van der Waals surface area contributed by atoms with Gasteiger partial charge in [0.25, 0.3) is 0 Å². The van der Waals surface area contributed by atoms with Crippen molar-refractivity contribution in [2.45, 2.75) is 31.0 Å². The van der Waals surface area contributed by atoms with Crippen LogP contribution in [0.3, 0.4) is 0 Å². The smallest absolute Gasteiger partial charge is 0.380 e. The second kappa shape index (κ2) is 4.58. The molecule has 1 rings (SSSR count). The Morgan fingerprint density at radius 3 is 2.25 bits per heavy atom. The first-order chi connectivity index (χ1) is 7.30. The number of rotatable bonds is 2. The van der Waals surface area contributed by atoms with Crippen molar-refractivity contribution in [3.63, 3.8) is 0 Å². The summed E-state index contributed by atoms with van der Waals surface area (Å²) in [6.07, 6.45) is -5.43. The minimum absolute atomic E-state index is 0.0746. The van der Waals surface area contributed by atoms with Gasteiger partial charge in [0.15, 0.2) is 5.60 Å². The number of nitrogens with two attached hydrogens (primary N) is 1. The third-order valence-corrected chi connectivity index (χ3v) is 2.83. The van der Waals surface area contributed by atoms with Crippen LogP contribution in [0.5, 0.6) is 0 Å². The first-order valence-electron chi connectivity index (χ1n) is 5.07. The topological polar surface area (TPSA) is 66.6 Å². The van der Waals surface area contributed by atoms with Crippen LogP contribution in [0.4, 0.5) is 13.2 Å². The number of aliphatic hydroxyl groups is 1. The monoisotopic (exact) mass is 240 g/mol. The van der Waals surface area contributed by atoms with E-state index in [1.54, 1.807) is 0 Å². The van der Waals surface area contributed by atoms with Crippen molar-refractivity contribution in [3.8, 4) is 0 Å². The molecule has 0 aliphatic carbocycles. The molecule has 1 aliphatic heterocycles. The minimum atomic E-state index is -4.63. The molecule has 0 bridgehead atoms. The normalized spacial score (nSPS) is 20.9. The first-order valence-corrected chi connectivity index (χ1v) is 5.07. The van der Waals surface area contributed by atoms with Gasteiger partial charge < -0.3 is 15.7 Å². The molecule has 0 radical (unpaired) electrons. The van der Waals surface area contributed by atoms with Crippen molar-refractivity contribution in [1.29, 1.82) is 0 Å². The molecular weight excluding hydrogens is 225 g/mol. The summed E-state index contributed by atoms with van der Waals surface area (Å²) in [7, 11) is 0. The van der Waals surface area contributed by atoms with Crippen LogP contribution in [0, 0.1) is 0 Å². The van der Waals surface area contributed by atoms with Crippen LogP contribution in [-0.4, -0.2) is 47.3 Å². The summed E-state index contributed by atoms with van der Waals surface area (Å²) >= 11 is 0. The maximum atomic E-state index is 12.4. The SMILES string of the molecule is NCCC(=O)N1CCC(O)(C(F)(F)F)CC1. The van der Waals surface area contributed by atoms with Crippen LogP contribution < -0.4 is 5.73 Å². The lowest BCUT2D eigenvalue weighted by molar-refractivity contribution is -0.272. The lowest BCUT2D eigenvalue weighted by Crippen LogP contribution is -2.54.